The summed E-state index contributed by atoms with van der Waals surface area (Å²) in [5, 5.41) is 0. The second-order valence-corrected chi connectivity index (χ2v) is 10.1. The average Bonchev–Trinajstić information content (AvgIpc) is 3.61. The molecule has 38 heavy (non-hydrogen) atoms. The first kappa shape index (κ1) is 26.1. The molecule has 0 bridgehead atoms. The van der Waals surface area contributed by atoms with E-state index in [9.17, 15) is 4.79 Å². The summed E-state index contributed by atoms with van der Waals surface area (Å²) in [5.74, 6) is 2.35. The fourth-order valence-corrected chi connectivity index (χ4v) is 5.51. The molecule has 1 saturated heterocycles. The lowest BCUT2D eigenvalue weighted by atomic mass is 10.1. The van der Waals surface area contributed by atoms with Crippen LogP contribution in [0.1, 0.15) is 41.5 Å². The van der Waals surface area contributed by atoms with E-state index in [1.807, 2.05) is 47.4 Å². The Morgan fingerprint density at radius 3 is 2.37 bits per heavy atom. The molecule has 0 aromatic heterocycles. The molecule has 1 fully saturated rings. The highest BCUT2D eigenvalue weighted by Gasteiger charge is 2.25. The first-order valence-electron chi connectivity index (χ1n) is 13.5. The number of rotatable bonds is 11. The molecule has 5 rings (SSSR count). The zero-order valence-electron chi connectivity index (χ0n) is 22.4. The molecule has 1 atom stereocenters. The molecule has 6 heteroatoms. The normalized spacial score (nSPS) is 16.7. The molecular formula is C32H37NO5. The van der Waals surface area contributed by atoms with Gasteiger partial charge in [-0.1, -0.05) is 48.5 Å². The van der Waals surface area contributed by atoms with Gasteiger partial charge in [0.25, 0.3) is 0 Å². The second kappa shape index (κ2) is 12.4. The van der Waals surface area contributed by atoms with E-state index in [0.717, 1.165) is 54.9 Å². The lowest BCUT2D eigenvalue weighted by Crippen LogP contribution is -2.37. The van der Waals surface area contributed by atoms with E-state index in [1.54, 1.807) is 14.2 Å². The second-order valence-electron chi connectivity index (χ2n) is 10.1. The standard InChI is InChI=1S/C32H37NO5/c1-35-29-12-6-5-8-24(29)14-16-32(34)33(22-27-11-7-17-37-27)21-23-13-15-30(31(18-23)36-2)38-28-19-25-9-3-4-10-26(25)20-28/h3-6,8-10,12-13,15,18,27-28H,7,11,14,16-17,19-22H2,1-2H3/t27-/m1/s1. The van der Waals surface area contributed by atoms with Gasteiger partial charge in [-0.15, -0.1) is 0 Å². The molecule has 0 radical (unpaired) electrons. The van der Waals surface area contributed by atoms with Gasteiger partial charge in [-0.25, -0.2) is 0 Å². The van der Waals surface area contributed by atoms with Gasteiger partial charge in [0.15, 0.2) is 11.5 Å². The Morgan fingerprint density at radius 2 is 1.66 bits per heavy atom. The molecule has 1 aliphatic carbocycles. The molecule has 200 valence electrons. The molecule has 3 aromatic rings. The van der Waals surface area contributed by atoms with Crippen molar-refractivity contribution in [2.75, 3.05) is 27.4 Å². The van der Waals surface area contributed by atoms with Gasteiger partial charge in [-0.2, -0.15) is 0 Å². The van der Waals surface area contributed by atoms with Crippen molar-refractivity contribution in [1.82, 2.24) is 4.90 Å². The minimum Gasteiger partial charge on any atom is -0.496 e. The summed E-state index contributed by atoms with van der Waals surface area (Å²) in [6.07, 6.45) is 5.04. The topological polar surface area (TPSA) is 57.2 Å². The van der Waals surface area contributed by atoms with Gasteiger partial charge in [-0.05, 0) is 59.7 Å². The number of amides is 1. The minimum absolute atomic E-state index is 0.0821. The molecule has 0 spiro atoms. The molecule has 0 unspecified atom stereocenters. The van der Waals surface area contributed by atoms with E-state index in [2.05, 4.69) is 24.3 Å². The monoisotopic (exact) mass is 515 g/mol. The van der Waals surface area contributed by atoms with Crippen molar-refractivity contribution >= 4 is 5.91 Å². The van der Waals surface area contributed by atoms with Crippen molar-refractivity contribution in [3.63, 3.8) is 0 Å². The first-order valence-corrected chi connectivity index (χ1v) is 13.5. The maximum absolute atomic E-state index is 13.4. The molecule has 1 aliphatic heterocycles. The van der Waals surface area contributed by atoms with Gasteiger partial charge in [-0.3, -0.25) is 4.79 Å². The van der Waals surface area contributed by atoms with E-state index in [1.165, 1.54) is 11.1 Å². The van der Waals surface area contributed by atoms with E-state index in [0.29, 0.717) is 31.7 Å². The number of benzene rings is 3. The van der Waals surface area contributed by atoms with Crippen LogP contribution in [0.15, 0.2) is 66.7 Å². The minimum atomic E-state index is 0.0821. The number of ether oxygens (including phenoxy) is 4. The summed E-state index contributed by atoms with van der Waals surface area (Å²) in [7, 11) is 3.33. The SMILES string of the molecule is COc1ccccc1CCC(=O)N(Cc1ccc(OC2Cc3ccccc3C2)c(OC)c1)C[C@H]1CCCO1. The number of hydrogen-bond donors (Lipinski definition) is 0. The lowest BCUT2D eigenvalue weighted by molar-refractivity contribution is -0.133. The zero-order valence-corrected chi connectivity index (χ0v) is 22.4. The van der Waals surface area contributed by atoms with Crippen molar-refractivity contribution in [1.29, 1.82) is 0 Å². The summed E-state index contributed by atoms with van der Waals surface area (Å²) in [5.41, 5.74) is 4.75. The predicted molar refractivity (Wildman–Crippen MR) is 147 cm³/mol. The number of hydrogen-bond acceptors (Lipinski definition) is 5. The van der Waals surface area contributed by atoms with Gasteiger partial charge in [0.2, 0.25) is 5.91 Å². The molecule has 2 aliphatic rings. The summed E-state index contributed by atoms with van der Waals surface area (Å²) < 4.78 is 23.4. The molecular weight excluding hydrogens is 478 g/mol. The fraction of sp³-hybridized carbons (Fsp3) is 0.406. The largest absolute Gasteiger partial charge is 0.496 e. The summed E-state index contributed by atoms with van der Waals surface area (Å²) in [6.45, 7) is 1.85. The molecule has 3 aromatic carbocycles. The Kier molecular flexibility index (Phi) is 8.49. The molecule has 6 nitrogen and oxygen atoms in total. The first-order chi connectivity index (χ1) is 18.6. The lowest BCUT2D eigenvalue weighted by Gasteiger charge is -2.26. The molecule has 0 N–H and O–H groups in total. The fourth-order valence-electron chi connectivity index (χ4n) is 5.51. The van der Waals surface area contributed by atoms with Crippen molar-refractivity contribution in [2.24, 2.45) is 0 Å². The molecule has 1 amide bonds. The van der Waals surface area contributed by atoms with Gasteiger partial charge in [0.05, 0.1) is 20.3 Å². The highest BCUT2D eigenvalue weighted by atomic mass is 16.5. The van der Waals surface area contributed by atoms with Crippen LogP contribution in [0.4, 0.5) is 0 Å². The summed E-state index contributed by atoms with van der Waals surface area (Å²) >= 11 is 0. The third-order valence-electron chi connectivity index (χ3n) is 7.51. The maximum atomic E-state index is 13.4. The van der Waals surface area contributed by atoms with Crippen LogP contribution < -0.4 is 14.2 Å². The third kappa shape index (κ3) is 6.30. The summed E-state index contributed by atoms with van der Waals surface area (Å²) in [4.78, 5) is 15.4. The Hall–Kier alpha value is -3.51. The number of aryl methyl sites for hydroxylation is 1. The quantitative estimate of drug-likeness (QED) is 0.343. The number of nitrogens with zero attached hydrogens (tertiary/aromatic N) is 1. The number of carbonyl (C=O) groups is 1. The highest BCUT2D eigenvalue weighted by molar-refractivity contribution is 5.76. The number of carbonyl (C=O) groups excluding carboxylic acids is 1. The van der Waals surface area contributed by atoms with E-state index >= 15 is 0 Å². The summed E-state index contributed by atoms with van der Waals surface area (Å²) in [6, 6.07) is 22.4. The van der Waals surface area contributed by atoms with E-state index in [4.69, 9.17) is 18.9 Å². The molecule has 1 heterocycles. The van der Waals surface area contributed by atoms with Gasteiger partial charge >= 0.3 is 0 Å². The van der Waals surface area contributed by atoms with Crippen LogP contribution in [-0.4, -0.2) is 50.4 Å². The van der Waals surface area contributed by atoms with Crippen LogP contribution in [0, 0.1) is 0 Å². The Bertz CT molecular complexity index is 1210. The van der Waals surface area contributed by atoms with E-state index < -0.39 is 0 Å². The van der Waals surface area contributed by atoms with Crippen molar-refractivity contribution in [3.8, 4) is 17.2 Å². The Morgan fingerprint density at radius 1 is 0.921 bits per heavy atom. The van der Waals surface area contributed by atoms with Crippen LogP contribution >= 0.6 is 0 Å². The van der Waals surface area contributed by atoms with Crippen LogP contribution in [-0.2, 0) is 35.3 Å². The van der Waals surface area contributed by atoms with Crippen molar-refractivity contribution in [3.05, 3.63) is 89.0 Å². The number of para-hydroxylation sites is 1. The average molecular weight is 516 g/mol. The smallest absolute Gasteiger partial charge is 0.223 e. The Labute approximate surface area is 225 Å². The zero-order chi connectivity index (χ0) is 26.3. The maximum Gasteiger partial charge on any atom is 0.223 e. The van der Waals surface area contributed by atoms with Crippen LogP contribution in [0.2, 0.25) is 0 Å². The number of fused-ring (bicyclic) bond motifs is 1. The Balaban J connectivity index is 1.26. The van der Waals surface area contributed by atoms with Gasteiger partial charge in [0.1, 0.15) is 11.9 Å². The van der Waals surface area contributed by atoms with Crippen LogP contribution in [0.5, 0.6) is 17.2 Å². The van der Waals surface area contributed by atoms with Crippen LogP contribution in [0.25, 0.3) is 0 Å². The van der Waals surface area contributed by atoms with E-state index in [-0.39, 0.29) is 18.1 Å². The van der Waals surface area contributed by atoms with Crippen LogP contribution in [0.3, 0.4) is 0 Å². The third-order valence-corrected chi connectivity index (χ3v) is 7.51. The van der Waals surface area contributed by atoms with Gasteiger partial charge in [0, 0.05) is 39.0 Å². The van der Waals surface area contributed by atoms with Crippen molar-refractivity contribution in [2.45, 2.75) is 57.3 Å². The highest BCUT2D eigenvalue weighted by Crippen LogP contribution is 2.33. The van der Waals surface area contributed by atoms with Crippen molar-refractivity contribution < 1.29 is 23.7 Å². The van der Waals surface area contributed by atoms with Gasteiger partial charge < -0.3 is 23.8 Å². The molecule has 0 saturated carbocycles. The predicted octanol–water partition coefficient (Wildman–Crippen LogP) is 5.39. The number of methoxy groups -OCH3 is 2.